The zero-order valence-corrected chi connectivity index (χ0v) is 8.56. The molecule has 4 unspecified atom stereocenters. The third kappa shape index (κ3) is 2.02. The Morgan fingerprint density at radius 1 is 1.00 bits per heavy atom. The summed E-state index contributed by atoms with van der Waals surface area (Å²) in [6.45, 7) is 3.78. The average molecular weight is 190 g/mol. The van der Waals surface area contributed by atoms with Crippen LogP contribution >= 0.6 is 0 Å². The molecule has 0 amide bonds. The van der Waals surface area contributed by atoms with Crippen molar-refractivity contribution < 1.29 is 19.3 Å². The van der Waals surface area contributed by atoms with Gasteiger partial charge in [-0.25, -0.2) is 0 Å². The van der Waals surface area contributed by atoms with E-state index >= 15 is 0 Å². The fourth-order valence-corrected chi connectivity index (χ4v) is 1.90. The Morgan fingerprint density at radius 2 is 1.38 bits per heavy atom. The number of rotatable bonds is 2. The summed E-state index contributed by atoms with van der Waals surface area (Å²) in [5.74, 6) is 0. The third-order valence-corrected chi connectivity index (χ3v) is 2.57. The molecule has 0 bridgehead atoms. The van der Waals surface area contributed by atoms with Crippen LogP contribution in [0.1, 0.15) is 13.8 Å². The fraction of sp³-hybridized carbons (Fsp3) is 1.00. The lowest BCUT2D eigenvalue weighted by atomic mass is 9.96. The summed E-state index contributed by atoms with van der Waals surface area (Å²) in [6, 6.07) is 0. The lowest BCUT2D eigenvalue weighted by Gasteiger charge is -2.41. The van der Waals surface area contributed by atoms with Crippen molar-refractivity contribution in [3.63, 3.8) is 0 Å². The van der Waals surface area contributed by atoms with E-state index in [1.807, 2.05) is 13.8 Å². The highest BCUT2D eigenvalue weighted by Gasteiger charge is 2.41. The number of hydrogen-bond acceptors (Lipinski definition) is 4. The van der Waals surface area contributed by atoms with E-state index in [0.29, 0.717) is 0 Å². The zero-order chi connectivity index (χ0) is 10.0. The summed E-state index contributed by atoms with van der Waals surface area (Å²) >= 11 is 0. The van der Waals surface area contributed by atoms with Crippen LogP contribution in [0.25, 0.3) is 0 Å². The lowest BCUT2D eigenvalue weighted by molar-refractivity contribution is -0.226. The van der Waals surface area contributed by atoms with Crippen LogP contribution in [0.2, 0.25) is 0 Å². The van der Waals surface area contributed by atoms with E-state index in [1.165, 1.54) is 0 Å². The molecule has 1 rings (SSSR count). The van der Waals surface area contributed by atoms with Gasteiger partial charge in [0.25, 0.3) is 0 Å². The van der Waals surface area contributed by atoms with Crippen LogP contribution in [0.3, 0.4) is 0 Å². The highest BCUT2D eigenvalue weighted by Crippen LogP contribution is 2.24. The molecule has 4 heteroatoms. The molecule has 1 fully saturated rings. The van der Waals surface area contributed by atoms with E-state index < -0.39 is 6.10 Å². The molecule has 1 heterocycles. The lowest BCUT2D eigenvalue weighted by Crippen LogP contribution is -2.57. The number of ether oxygens (including phenoxy) is 3. The van der Waals surface area contributed by atoms with Crippen LogP contribution in [0.5, 0.6) is 0 Å². The summed E-state index contributed by atoms with van der Waals surface area (Å²) in [5, 5.41) is 9.84. The molecule has 78 valence electrons. The standard InChI is InChI=1S/C9H18O4/c1-5-8(11-3)7(10)9(12-4)6(2)13-5/h5-10H,1-4H3/t5?,6?,7?,8-,9?/m0/s1. The van der Waals surface area contributed by atoms with Crippen LogP contribution in [0, 0.1) is 0 Å². The Bertz CT molecular complexity index is 146. The first-order chi connectivity index (χ1) is 6.11. The van der Waals surface area contributed by atoms with Crippen molar-refractivity contribution in [2.75, 3.05) is 14.2 Å². The van der Waals surface area contributed by atoms with Gasteiger partial charge in [-0.15, -0.1) is 0 Å². The third-order valence-electron chi connectivity index (χ3n) is 2.57. The Hall–Kier alpha value is -0.160. The van der Waals surface area contributed by atoms with Crippen LogP contribution in [-0.4, -0.2) is 49.8 Å². The summed E-state index contributed by atoms with van der Waals surface area (Å²) < 4.78 is 15.8. The quantitative estimate of drug-likeness (QED) is 0.675. The maximum atomic E-state index is 9.84. The predicted octanol–water partition coefficient (Wildman–Crippen LogP) is 0.185. The van der Waals surface area contributed by atoms with Gasteiger partial charge in [0.1, 0.15) is 18.3 Å². The molecule has 0 aromatic heterocycles. The van der Waals surface area contributed by atoms with Gasteiger partial charge < -0.3 is 19.3 Å². The van der Waals surface area contributed by atoms with Crippen LogP contribution < -0.4 is 0 Å². The van der Waals surface area contributed by atoms with Crippen molar-refractivity contribution in [1.29, 1.82) is 0 Å². The molecule has 5 atom stereocenters. The second kappa shape index (κ2) is 4.37. The smallest absolute Gasteiger partial charge is 0.111 e. The van der Waals surface area contributed by atoms with Crippen molar-refractivity contribution in [2.45, 2.75) is 44.4 Å². The van der Waals surface area contributed by atoms with E-state index in [2.05, 4.69) is 0 Å². The molecule has 13 heavy (non-hydrogen) atoms. The van der Waals surface area contributed by atoms with Crippen molar-refractivity contribution >= 4 is 0 Å². The van der Waals surface area contributed by atoms with E-state index in [1.54, 1.807) is 14.2 Å². The monoisotopic (exact) mass is 190 g/mol. The van der Waals surface area contributed by atoms with Crippen LogP contribution in [0.15, 0.2) is 0 Å². The molecule has 0 aromatic carbocycles. The number of aliphatic hydroxyl groups is 1. The molecule has 1 aliphatic rings. The Morgan fingerprint density at radius 3 is 1.69 bits per heavy atom. The van der Waals surface area contributed by atoms with E-state index in [0.717, 1.165) is 0 Å². The van der Waals surface area contributed by atoms with Gasteiger partial charge >= 0.3 is 0 Å². The van der Waals surface area contributed by atoms with E-state index in [9.17, 15) is 5.11 Å². The maximum Gasteiger partial charge on any atom is 0.111 e. The summed E-state index contributed by atoms with van der Waals surface area (Å²) in [5.41, 5.74) is 0. The van der Waals surface area contributed by atoms with Crippen molar-refractivity contribution in [3.05, 3.63) is 0 Å². The van der Waals surface area contributed by atoms with Gasteiger partial charge in [0.2, 0.25) is 0 Å². The van der Waals surface area contributed by atoms with E-state index in [4.69, 9.17) is 14.2 Å². The molecule has 0 aliphatic carbocycles. The molecule has 1 N–H and O–H groups in total. The SMILES string of the molecule is COC1C(C)OC(C)[C@H](OC)C1O. The van der Waals surface area contributed by atoms with Gasteiger partial charge in [0.05, 0.1) is 12.2 Å². The molecular formula is C9H18O4. The molecule has 0 saturated carbocycles. The highest BCUT2D eigenvalue weighted by atomic mass is 16.6. The Labute approximate surface area is 78.8 Å². The fourth-order valence-electron chi connectivity index (χ4n) is 1.90. The molecular weight excluding hydrogens is 172 g/mol. The Kier molecular flexibility index (Phi) is 3.67. The van der Waals surface area contributed by atoms with Crippen molar-refractivity contribution in [2.24, 2.45) is 0 Å². The average Bonchev–Trinajstić information content (AvgIpc) is 2.04. The number of methoxy groups -OCH3 is 2. The van der Waals surface area contributed by atoms with Gasteiger partial charge in [-0.2, -0.15) is 0 Å². The first-order valence-corrected chi connectivity index (χ1v) is 4.51. The largest absolute Gasteiger partial charge is 0.387 e. The van der Waals surface area contributed by atoms with Crippen LogP contribution in [-0.2, 0) is 14.2 Å². The summed E-state index contributed by atoms with van der Waals surface area (Å²) in [4.78, 5) is 0. The molecule has 0 spiro atoms. The first-order valence-electron chi connectivity index (χ1n) is 4.51. The first kappa shape index (κ1) is 10.9. The van der Waals surface area contributed by atoms with Gasteiger partial charge in [-0.05, 0) is 13.8 Å². The van der Waals surface area contributed by atoms with Gasteiger partial charge in [-0.1, -0.05) is 0 Å². The number of aliphatic hydroxyl groups excluding tert-OH is 1. The molecule has 1 aliphatic heterocycles. The second-order valence-corrected chi connectivity index (χ2v) is 3.44. The second-order valence-electron chi connectivity index (χ2n) is 3.44. The normalized spacial score (nSPS) is 46.4. The summed E-state index contributed by atoms with van der Waals surface area (Å²) in [7, 11) is 3.13. The molecule has 0 radical (unpaired) electrons. The minimum Gasteiger partial charge on any atom is -0.387 e. The molecule has 1 saturated heterocycles. The van der Waals surface area contributed by atoms with Crippen molar-refractivity contribution in [3.8, 4) is 0 Å². The van der Waals surface area contributed by atoms with Gasteiger partial charge in [0.15, 0.2) is 0 Å². The minimum absolute atomic E-state index is 0.0959. The maximum absolute atomic E-state index is 9.84. The minimum atomic E-state index is -0.617. The number of hydrogen-bond donors (Lipinski definition) is 1. The summed E-state index contributed by atoms with van der Waals surface area (Å²) in [6.07, 6.45) is -1.42. The zero-order valence-electron chi connectivity index (χ0n) is 8.56. The highest BCUT2D eigenvalue weighted by molar-refractivity contribution is 4.90. The molecule has 4 nitrogen and oxygen atoms in total. The predicted molar refractivity (Wildman–Crippen MR) is 47.6 cm³/mol. The van der Waals surface area contributed by atoms with Crippen LogP contribution in [0.4, 0.5) is 0 Å². The topological polar surface area (TPSA) is 47.9 Å². The van der Waals surface area contributed by atoms with Gasteiger partial charge in [0, 0.05) is 14.2 Å². The van der Waals surface area contributed by atoms with Crippen molar-refractivity contribution in [1.82, 2.24) is 0 Å². The van der Waals surface area contributed by atoms with E-state index in [-0.39, 0.29) is 24.4 Å². The Balaban J connectivity index is 2.69. The van der Waals surface area contributed by atoms with Gasteiger partial charge in [-0.3, -0.25) is 0 Å². The molecule has 0 aromatic rings.